The molecule has 0 aliphatic carbocycles. The van der Waals surface area contributed by atoms with E-state index in [0.717, 1.165) is 16.8 Å². The van der Waals surface area contributed by atoms with E-state index in [0.29, 0.717) is 39.1 Å². The number of hydrogen-bond donors (Lipinski definition) is 0. The average Bonchev–Trinajstić information content (AvgIpc) is 3.05. The summed E-state index contributed by atoms with van der Waals surface area (Å²) < 4.78 is 5.08. The van der Waals surface area contributed by atoms with Gasteiger partial charge in [0.25, 0.3) is 0 Å². The standard InChI is InChI=1S/C21H28N2O4/c1-4-27-21(26)16-8-10-22(11-9-16)20(25)17-12-19(24)23(13-17)18-7-5-6-14(2)15(18)3/h5-7,16-17H,4,8-13H2,1-3H3/t17-/m0/s1. The van der Waals surface area contributed by atoms with Crippen LogP contribution in [0.5, 0.6) is 0 Å². The number of aryl methyl sites for hydroxylation is 1. The van der Waals surface area contributed by atoms with E-state index in [1.54, 1.807) is 16.7 Å². The van der Waals surface area contributed by atoms with E-state index in [4.69, 9.17) is 4.74 Å². The Kier molecular flexibility index (Phi) is 5.82. The number of benzene rings is 1. The summed E-state index contributed by atoms with van der Waals surface area (Å²) in [6.45, 7) is 7.75. The fourth-order valence-electron chi connectivity index (χ4n) is 3.99. The van der Waals surface area contributed by atoms with Crippen LogP contribution in [0.25, 0.3) is 0 Å². The average molecular weight is 372 g/mol. The Hall–Kier alpha value is -2.37. The van der Waals surface area contributed by atoms with Crippen LogP contribution in [0, 0.1) is 25.7 Å². The van der Waals surface area contributed by atoms with Gasteiger partial charge in [0.05, 0.1) is 18.4 Å². The predicted molar refractivity (Wildman–Crippen MR) is 102 cm³/mol. The fraction of sp³-hybridized carbons (Fsp3) is 0.571. The molecule has 0 spiro atoms. The van der Waals surface area contributed by atoms with Crippen LogP contribution in [0.4, 0.5) is 5.69 Å². The Bertz CT molecular complexity index is 738. The van der Waals surface area contributed by atoms with E-state index in [9.17, 15) is 14.4 Å². The monoisotopic (exact) mass is 372 g/mol. The highest BCUT2D eigenvalue weighted by molar-refractivity contribution is 6.01. The minimum Gasteiger partial charge on any atom is -0.466 e. The van der Waals surface area contributed by atoms with Crippen molar-refractivity contribution in [1.29, 1.82) is 0 Å². The Labute approximate surface area is 160 Å². The molecule has 1 atom stereocenters. The summed E-state index contributed by atoms with van der Waals surface area (Å²) >= 11 is 0. The van der Waals surface area contributed by atoms with Crippen molar-refractivity contribution in [3.8, 4) is 0 Å². The third-order valence-corrected chi connectivity index (χ3v) is 5.77. The van der Waals surface area contributed by atoms with Crippen LogP contribution in [0.1, 0.15) is 37.3 Å². The molecule has 6 heteroatoms. The molecule has 6 nitrogen and oxygen atoms in total. The highest BCUT2D eigenvalue weighted by atomic mass is 16.5. The predicted octanol–water partition coefficient (Wildman–Crippen LogP) is 2.46. The van der Waals surface area contributed by atoms with E-state index in [2.05, 4.69) is 0 Å². The summed E-state index contributed by atoms with van der Waals surface area (Å²) in [6, 6.07) is 5.91. The van der Waals surface area contributed by atoms with Gasteiger partial charge in [-0.05, 0) is 50.8 Å². The third-order valence-electron chi connectivity index (χ3n) is 5.77. The van der Waals surface area contributed by atoms with Crippen molar-refractivity contribution in [2.75, 3.05) is 31.1 Å². The number of piperidine rings is 1. The molecular weight excluding hydrogens is 344 g/mol. The van der Waals surface area contributed by atoms with Gasteiger partial charge in [-0.3, -0.25) is 14.4 Å². The molecule has 146 valence electrons. The summed E-state index contributed by atoms with van der Waals surface area (Å²) in [5.41, 5.74) is 3.11. The molecule has 0 bridgehead atoms. The van der Waals surface area contributed by atoms with Crippen molar-refractivity contribution in [1.82, 2.24) is 4.90 Å². The van der Waals surface area contributed by atoms with Crippen LogP contribution in [-0.2, 0) is 19.1 Å². The van der Waals surface area contributed by atoms with Crippen molar-refractivity contribution in [3.05, 3.63) is 29.3 Å². The van der Waals surface area contributed by atoms with Crippen LogP contribution < -0.4 is 4.90 Å². The lowest BCUT2D eigenvalue weighted by Gasteiger charge is -2.32. The van der Waals surface area contributed by atoms with Gasteiger partial charge in [-0.2, -0.15) is 0 Å². The first-order chi connectivity index (χ1) is 12.9. The van der Waals surface area contributed by atoms with Gasteiger partial charge in [0.1, 0.15) is 0 Å². The zero-order valence-electron chi connectivity index (χ0n) is 16.4. The van der Waals surface area contributed by atoms with Crippen LogP contribution in [-0.4, -0.2) is 48.9 Å². The van der Waals surface area contributed by atoms with E-state index in [-0.39, 0.29) is 36.0 Å². The number of hydrogen-bond acceptors (Lipinski definition) is 4. The first kappa shape index (κ1) is 19.4. The third kappa shape index (κ3) is 3.99. The molecule has 0 saturated carbocycles. The van der Waals surface area contributed by atoms with Crippen LogP contribution >= 0.6 is 0 Å². The maximum absolute atomic E-state index is 12.9. The Morgan fingerprint density at radius 2 is 1.85 bits per heavy atom. The Balaban J connectivity index is 1.61. The molecule has 3 rings (SSSR count). The minimum atomic E-state index is -0.309. The number of rotatable bonds is 4. The smallest absolute Gasteiger partial charge is 0.309 e. The molecular formula is C21H28N2O4. The van der Waals surface area contributed by atoms with Gasteiger partial charge < -0.3 is 14.5 Å². The van der Waals surface area contributed by atoms with Crippen molar-refractivity contribution >= 4 is 23.5 Å². The number of esters is 1. The second-order valence-corrected chi connectivity index (χ2v) is 7.48. The van der Waals surface area contributed by atoms with Crippen LogP contribution in [0.3, 0.4) is 0 Å². The molecule has 2 fully saturated rings. The van der Waals surface area contributed by atoms with Gasteiger partial charge in [0, 0.05) is 31.7 Å². The number of carbonyl (C=O) groups excluding carboxylic acids is 3. The quantitative estimate of drug-likeness (QED) is 0.762. The zero-order valence-corrected chi connectivity index (χ0v) is 16.4. The van der Waals surface area contributed by atoms with Gasteiger partial charge >= 0.3 is 5.97 Å². The lowest BCUT2D eigenvalue weighted by molar-refractivity contribution is -0.151. The summed E-state index contributed by atoms with van der Waals surface area (Å²) in [5, 5.41) is 0. The van der Waals surface area contributed by atoms with Crippen LogP contribution in [0.15, 0.2) is 18.2 Å². The molecule has 2 amide bonds. The molecule has 2 aliphatic heterocycles. The van der Waals surface area contributed by atoms with Gasteiger partial charge in [0.15, 0.2) is 0 Å². The maximum atomic E-state index is 12.9. The van der Waals surface area contributed by atoms with Crippen molar-refractivity contribution in [3.63, 3.8) is 0 Å². The molecule has 1 aromatic carbocycles. The summed E-state index contributed by atoms with van der Waals surface area (Å²) in [6.07, 6.45) is 1.52. The van der Waals surface area contributed by atoms with Gasteiger partial charge in [-0.25, -0.2) is 0 Å². The van der Waals surface area contributed by atoms with Gasteiger partial charge in [0.2, 0.25) is 11.8 Å². The fourth-order valence-corrected chi connectivity index (χ4v) is 3.99. The molecule has 0 aromatic heterocycles. The van der Waals surface area contributed by atoms with Crippen molar-refractivity contribution in [2.45, 2.75) is 40.0 Å². The van der Waals surface area contributed by atoms with E-state index < -0.39 is 0 Å². The topological polar surface area (TPSA) is 66.9 Å². The zero-order chi connectivity index (χ0) is 19.6. The summed E-state index contributed by atoms with van der Waals surface area (Å²) in [7, 11) is 0. The summed E-state index contributed by atoms with van der Waals surface area (Å²) in [5.74, 6) is -0.564. The minimum absolute atomic E-state index is 0.00320. The second-order valence-electron chi connectivity index (χ2n) is 7.48. The maximum Gasteiger partial charge on any atom is 0.309 e. The van der Waals surface area contributed by atoms with E-state index in [1.807, 2.05) is 32.0 Å². The lowest BCUT2D eigenvalue weighted by Crippen LogP contribution is -2.44. The first-order valence-corrected chi connectivity index (χ1v) is 9.74. The molecule has 2 saturated heterocycles. The molecule has 27 heavy (non-hydrogen) atoms. The number of carbonyl (C=O) groups is 3. The molecule has 2 aliphatic rings. The molecule has 2 heterocycles. The largest absolute Gasteiger partial charge is 0.466 e. The van der Waals surface area contributed by atoms with Gasteiger partial charge in [-0.15, -0.1) is 0 Å². The molecule has 0 N–H and O–H groups in total. The first-order valence-electron chi connectivity index (χ1n) is 9.74. The number of nitrogens with zero attached hydrogens (tertiary/aromatic N) is 2. The Morgan fingerprint density at radius 1 is 1.15 bits per heavy atom. The SMILES string of the molecule is CCOC(=O)C1CCN(C(=O)[C@H]2CC(=O)N(c3cccc(C)c3C)C2)CC1. The van der Waals surface area contributed by atoms with Crippen molar-refractivity contribution < 1.29 is 19.1 Å². The van der Waals surface area contributed by atoms with E-state index in [1.165, 1.54) is 0 Å². The summed E-state index contributed by atoms with van der Waals surface area (Å²) in [4.78, 5) is 40.9. The highest BCUT2D eigenvalue weighted by Gasteiger charge is 2.39. The number of ether oxygens (including phenoxy) is 1. The second kappa shape index (κ2) is 8.11. The van der Waals surface area contributed by atoms with Crippen LogP contribution in [0.2, 0.25) is 0 Å². The van der Waals surface area contributed by atoms with Crippen molar-refractivity contribution in [2.24, 2.45) is 11.8 Å². The Morgan fingerprint density at radius 3 is 2.52 bits per heavy atom. The highest BCUT2D eigenvalue weighted by Crippen LogP contribution is 2.31. The van der Waals surface area contributed by atoms with E-state index >= 15 is 0 Å². The molecule has 0 unspecified atom stereocenters. The number of likely N-dealkylation sites (tertiary alicyclic amines) is 1. The lowest BCUT2D eigenvalue weighted by atomic mass is 9.95. The molecule has 1 aromatic rings. The number of amides is 2. The number of anilines is 1. The normalized spacial score (nSPS) is 20.9. The molecule has 0 radical (unpaired) electrons. The van der Waals surface area contributed by atoms with Gasteiger partial charge in [-0.1, -0.05) is 12.1 Å².